The lowest BCUT2D eigenvalue weighted by Crippen LogP contribution is -2.37. The Bertz CT molecular complexity index is 504. The minimum atomic E-state index is -1.68. The summed E-state index contributed by atoms with van der Waals surface area (Å²) >= 11 is 0. The summed E-state index contributed by atoms with van der Waals surface area (Å²) in [6.45, 7) is 0.306. The lowest BCUT2D eigenvalue weighted by Gasteiger charge is -2.20. The van der Waals surface area contributed by atoms with Gasteiger partial charge < -0.3 is 9.69 Å². The molecule has 0 aromatic heterocycles. The second kappa shape index (κ2) is 4.80. The van der Waals surface area contributed by atoms with Gasteiger partial charge in [0.25, 0.3) is 5.91 Å². The number of halogens is 3. The molecule has 0 spiro atoms. The molecule has 1 amide bonds. The number of amides is 1. The molecule has 0 radical (unpaired) electrons. The topological polar surface area (TPSA) is 37.4 Å². The molecule has 1 aromatic carbocycles. The van der Waals surface area contributed by atoms with Gasteiger partial charge in [-0.2, -0.15) is 0 Å². The highest BCUT2D eigenvalue weighted by atomic mass is 19.2. The van der Waals surface area contributed by atoms with Gasteiger partial charge in [0.2, 0.25) is 0 Å². The van der Waals surface area contributed by atoms with Gasteiger partial charge in [-0.25, -0.2) is 13.2 Å². The maximum Gasteiger partial charge on any atom is 0.257 e. The number of rotatable bonds is 2. The Morgan fingerprint density at radius 3 is 2.67 bits per heavy atom. The third-order valence-corrected chi connectivity index (χ3v) is 2.98. The van der Waals surface area contributed by atoms with E-state index in [0.717, 1.165) is 6.07 Å². The van der Waals surface area contributed by atoms with Crippen LogP contribution >= 0.6 is 0 Å². The highest BCUT2D eigenvalue weighted by Crippen LogP contribution is 2.22. The molecular formula is C12H10F3NO2. The molecule has 18 heavy (non-hydrogen) atoms. The van der Waals surface area contributed by atoms with Crippen LogP contribution in [0.25, 0.3) is 0 Å². The summed E-state index contributed by atoms with van der Waals surface area (Å²) in [5.74, 6) is -5.34. The molecule has 1 aliphatic rings. The molecule has 1 atom stereocenters. The van der Waals surface area contributed by atoms with E-state index in [-0.39, 0.29) is 0 Å². The zero-order valence-corrected chi connectivity index (χ0v) is 9.33. The molecule has 3 nitrogen and oxygen atoms in total. The predicted molar refractivity (Wildman–Crippen MR) is 56.4 cm³/mol. The molecule has 1 fully saturated rings. The van der Waals surface area contributed by atoms with E-state index < -0.39 is 35.0 Å². The van der Waals surface area contributed by atoms with Crippen molar-refractivity contribution < 1.29 is 22.8 Å². The number of likely N-dealkylation sites (tertiary alicyclic amines) is 1. The summed E-state index contributed by atoms with van der Waals surface area (Å²) in [5, 5.41) is 0. The predicted octanol–water partition coefficient (Wildman–Crippen LogP) is 1.91. The number of hydrogen-bond donors (Lipinski definition) is 0. The van der Waals surface area contributed by atoms with Gasteiger partial charge in [-0.05, 0) is 25.0 Å². The van der Waals surface area contributed by atoms with Gasteiger partial charge in [-0.1, -0.05) is 0 Å². The van der Waals surface area contributed by atoms with Gasteiger partial charge in [0.05, 0.1) is 11.6 Å². The van der Waals surface area contributed by atoms with E-state index in [1.807, 2.05) is 0 Å². The first kappa shape index (κ1) is 12.6. The highest BCUT2D eigenvalue weighted by Gasteiger charge is 2.31. The fourth-order valence-electron chi connectivity index (χ4n) is 2.03. The average Bonchev–Trinajstić information content (AvgIpc) is 2.83. The lowest BCUT2D eigenvalue weighted by molar-refractivity contribution is -0.111. The fraction of sp³-hybridized carbons (Fsp3) is 0.333. The third-order valence-electron chi connectivity index (χ3n) is 2.98. The molecule has 1 unspecified atom stereocenters. The molecular weight excluding hydrogens is 247 g/mol. The number of carbonyl (C=O) groups is 2. The summed E-state index contributed by atoms with van der Waals surface area (Å²) < 4.78 is 39.2. The Morgan fingerprint density at radius 2 is 2.00 bits per heavy atom. The maximum atomic E-state index is 13.4. The quantitative estimate of drug-likeness (QED) is 0.599. The summed E-state index contributed by atoms with van der Waals surface area (Å²) in [7, 11) is 0. The standard InChI is InChI=1S/C12H10F3NO2/c13-9-4-3-8(10(14)11(9)15)12(18)16-5-1-2-7(16)6-17/h3-4,6-7H,1-2,5H2. The van der Waals surface area contributed by atoms with Crippen LogP contribution in [0.1, 0.15) is 23.2 Å². The van der Waals surface area contributed by atoms with Crippen LogP contribution in [0.5, 0.6) is 0 Å². The largest absolute Gasteiger partial charge is 0.329 e. The van der Waals surface area contributed by atoms with Gasteiger partial charge in [-0.3, -0.25) is 4.79 Å². The van der Waals surface area contributed by atoms with Crippen LogP contribution in [0, 0.1) is 17.5 Å². The Kier molecular flexibility index (Phi) is 3.36. The smallest absolute Gasteiger partial charge is 0.257 e. The Balaban J connectivity index is 2.34. The monoisotopic (exact) mass is 257 g/mol. The molecule has 1 aromatic rings. The molecule has 1 saturated heterocycles. The number of aldehydes is 1. The molecule has 1 aliphatic heterocycles. The Morgan fingerprint density at radius 1 is 1.28 bits per heavy atom. The summed E-state index contributed by atoms with van der Waals surface area (Å²) in [5.41, 5.74) is -0.553. The summed E-state index contributed by atoms with van der Waals surface area (Å²) in [6.07, 6.45) is 1.73. The van der Waals surface area contributed by atoms with Crippen molar-refractivity contribution in [3.63, 3.8) is 0 Å². The molecule has 96 valence electrons. The third kappa shape index (κ3) is 1.98. The van der Waals surface area contributed by atoms with Gasteiger partial charge >= 0.3 is 0 Å². The number of nitrogens with zero attached hydrogens (tertiary/aromatic N) is 1. The SMILES string of the molecule is O=CC1CCCN1C(=O)c1ccc(F)c(F)c1F. The van der Waals surface area contributed by atoms with Crippen molar-refractivity contribution >= 4 is 12.2 Å². The molecule has 0 saturated carbocycles. The van der Waals surface area contributed by atoms with Crippen molar-refractivity contribution in [1.29, 1.82) is 0 Å². The first-order valence-electron chi connectivity index (χ1n) is 5.46. The summed E-state index contributed by atoms with van der Waals surface area (Å²) in [4.78, 5) is 23.8. The van der Waals surface area contributed by atoms with Crippen molar-refractivity contribution in [2.45, 2.75) is 18.9 Å². The minimum absolute atomic E-state index is 0.306. The molecule has 0 N–H and O–H groups in total. The first-order valence-corrected chi connectivity index (χ1v) is 5.46. The minimum Gasteiger partial charge on any atom is -0.329 e. The second-order valence-corrected chi connectivity index (χ2v) is 4.07. The van der Waals surface area contributed by atoms with Gasteiger partial charge in [-0.15, -0.1) is 0 Å². The van der Waals surface area contributed by atoms with Crippen LogP contribution in [0.15, 0.2) is 12.1 Å². The van der Waals surface area contributed by atoms with Crippen LogP contribution in [0.4, 0.5) is 13.2 Å². The molecule has 0 bridgehead atoms. The van der Waals surface area contributed by atoms with E-state index in [4.69, 9.17) is 0 Å². The van der Waals surface area contributed by atoms with Crippen molar-refractivity contribution in [3.05, 3.63) is 35.1 Å². The van der Waals surface area contributed by atoms with E-state index in [1.165, 1.54) is 4.90 Å². The Labute approximate surface area is 101 Å². The maximum absolute atomic E-state index is 13.4. The zero-order valence-electron chi connectivity index (χ0n) is 9.33. The van der Waals surface area contributed by atoms with Crippen LogP contribution in [0.3, 0.4) is 0 Å². The number of hydrogen-bond acceptors (Lipinski definition) is 2. The lowest BCUT2D eigenvalue weighted by atomic mass is 10.1. The number of benzene rings is 1. The average molecular weight is 257 g/mol. The molecule has 2 rings (SSSR count). The van der Waals surface area contributed by atoms with Gasteiger partial charge in [0.15, 0.2) is 17.5 Å². The van der Waals surface area contributed by atoms with E-state index in [2.05, 4.69) is 0 Å². The van der Waals surface area contributed by atoms with Crippen LogP contribution in [-0.2, 0) is 4.79 Å². The van der Waals surface area contributed by atoms with Gasteiger partial charge in [0, 0.05) is 6.54 Å². The van der Waals surface area contributed by atoms with Crippen molar-refractivity contribution in [1.82, 2.24) is 4.90 Å². The fourth-order valence-corrected chi connectivity index (χ4v) is 2.03. The van der Waals surface area contributed by atoms with Crippen LogP contribution in [0.2, 0.25) is 0 Å². The molecule has 6 heteroatoms. The number of carbonyl (C=O) groups excluding carboxylic acids is 2. The van der Waals surface area contributed by atoms with E-state index >= 15 is 0 Å². The van der Waals surface area contributed by atoms with Crippen molar-refractivity contribution in [2.75, 3.05) is 6.54 Å². The van der Waals surface area contributed by atoms with E-state index in [1.54, 1.807) is 0 Å². The molecule has 0 aliphatic carbocycles. The Hall–Kier alpha value is -1.85. The van der Waals surface area contributed by atoms with E-state index in [0.29, 0.717) is 31.7 Å². The van der Waals surface area contributed by atoms with Crippen molar-refractivity contribution in [3.8, 4) is 0 Å². The van der Waals surface area contributed by atoms with Crippen LogP contribution < -0.4 is 0 Å². The molecule has 1 heterocycles. The normalized spacial score (nSPS) is 19.1. The van der Waals surface area contributed by atoms with Crippen LogP contribution in [-0.4, -0.2) is 29.7 Å². The van der Waals surface area contributed by atoms with E-state index in [9.17, 15) is 22.8 Å². The second-order valence-electron chi connectivity index (χ2n) is 4.07. The van der Waals surface area contributed by atoms with Crippen molar-refractivity contribution in [2.24, 2.45) is 0 Å². The first-order chi connectivity index (χ1) is 8.56. The highest BCUT2D eigenvalue weighted by molar-refractivity contribution is 5.96. The van der Waals surface area contributed by atoms with Gasteiger partial charge in [0.1, 0.15) is 6.29 Å². The zero-order chi connectivity index (χ0) is 13.3. The summed E-state index contributed by atoms with van der Waals surface area (Å²) in [6, 6.07) is 0.957.